The van der Waals surface area contributed by atoms with E-state index in [1.165, 1.54) is 0 Å². The number of piperazine rings is 1. The summed E-state index contributed by atoms with van der Waals surface area (Å²) in [6.07, 6.45) is 0.448. The molecule has 1 aromatic carbocycles. The molecule has 2 N–H and O–H groups in total. The minimum absolute atomic E-state index is 0.0338. The number of carbonyl (C=O) groups is 3. The van der Waals surface area contributed by atoms with Crippen LogP contribution in [0.2, 0.25) is 5.02 Å². The molecule has 2 fully saturated rings. The molecule has 4 amide bonds. The second kappa shape index (κ2) is 8.99. The first-order chi connectivity index (χ1) is 14.3. The van der Waals surface area contributed by atoms with E-state index in [4.69, 9.17) is 21.1 Å². The van der Waals surface area contributed by atoms with Crippen molar-refractivity contribution >= 4 is 35.1 Å². The minimum Gasteiger partial charge on any atom is -0.495 e. The van der Waals surface area contributed by atoms with Crippen LogP contribution < -0.4 is 25.0 Å². The molecule has 2 saturated heterocycles. The van der Waals surface area contributed by atoms with Gasteiger partial charge in [0.05, 0.1) is 13.7 Å². The third-order valence-electron chi connectivity index (χ3n) is 5.46. The lowest BCUT2D eigenvalue weighted by atomic mass is 9.96. The van der Waals surface area contributed by atoms with Crippen LogP contribution in [0.4, 0.5) is 10.5 Å². The summed E-state index contributed by atoms with van der Waals surface area (Å²) < 4.78 is 11.0. The molecule has 0 aromatic heterocycles. The Morgan fingerprint density at radius 1 is 1.20 bits per heavy atom. The highest BCUT2D eigenvalue weighted by atomic mass is 35.5. The summed E-state index contributed by atoms with van der Waals surface area (Å²) >= 11 is 6.31. The van der Waals surface area contributed by atoms with Gasteiger partial charge in [0, 0.05) is 50.4 Å². The molecule has 10 heteroatoms. The second-order valence-electron chi connectivity index (χ2n) is 7.50. The largest absolute Gasteiger partial charge is 0.495 e. The summed E-state index contributed by atoms with van der Waals surface area (Å²) in [6.45, 7) is 6.43. The van der Waals surface area contributed by atoms with Gasteiger partial charge in [0.2, 0.25) is 5.91 Å². The van der Waals surface area contributed by atoms with Crippen LogP contribution >= 0.6 is 11.6 Å². The monoisotopic (exact) mass is 438 g/mol. The van der Waals surface area contributed by atoms with Crippen molar-refractivity contribution in [1.29, 1.82) is 0 Å². The van der Waals surface area contributed by atoms with Crippen LogP contribution in [0.15, 0.2) is 12.1 Å². The van der Waals surface area contributed by atoms with Crippen LogP contribution in [0, 0.1) is 0 Å². The summed E-state index contributed by atoms with van der Waals surface area (Å²) in [4.78, 5) is 39.8. The Bertz CT molecular complexity index is 841. The van der Waals surface area contributed by atoms with Gasteiger partial charge in [0.1, 0.15) is 22.1 Å². The Morgan fingerprint density at radius 3 is 2.43 bits per heavy atom. The fraction of sp³-hybridized carbons (Fsp3) is 0.550. The average Bonchev–Trinajstić information content (AvgIpc) is 2.99. The molecule has 3 rings (SSSR count). The zero-order valence-electron chi connectivity index (χ0n) is 17.4. The first-order valence-corrected chi connectivity index (χ1v) is 10.3. The first-order valence-electron chi connectivity index (χ1n) is 9.94. The molecular weight excluding hydrogens is 412 g/mol. The van der Waals surface area contributed by atoms with E-state index >= 15 is 0 Å². The van der Waals surface area contributed by atoms with Crippen LogP contribution in [0.5, 0.6) is 11.5 Å². The predicted octanol–water partition coefficient (Wildman–Crippen LogP) is 1.77. The van der Waals surface area contributed by atoms with E-state index in [2.05, 4.69) is 15.5 Å². The molecule has 9 nitrogen and oxygen atoms in total. The number of amides is 4. The van der Waals surface area contributed by atoms with E-state index in [0.29, 0.717) is 49.3 Å². The molecule has 0 aliphatic carbocycles. The van der Waals surface area contributed by atoms with Gasteiger partial charge in [-0.1, -0.05) is 11.6 Å². The number of nitrogens with one attached hydrogen (secondary N) is 2. The average molecular weight is 439 g/mol. The molecule has 0 saturated carbocycles. The topological polar surface area (TPSA) is 100 Å². The molecule has 0 spiro atoms. The summed E-state index contributed by atoms with van der Waals surface area (Å²) in [5, 5.41) is 5.23. The highest BCUT2D eigenvalue weighted by Gasteiger charge is 2.42. The molecule has 2 aliphatic heterocycles. The number of methoxy groups -OCH3 is 1. The Labute approximate surface area is 180 Å². The van der Waals surface area contributed by atoms with Crippen LogP contribution in [0.25, 0.3) is 0 Å². The lowest BCUT2D eigenvalue weighted by Gasteiger charge is -2.36. The lowest BCUT2D eigenvalue weighted by Crippen LogP contribution is -2.50. The van der Waals surface area contributed by atoms with Gasteiger partial charge in [0.15, 0.2) is 0 Å². The summed E-state index contributed by atoms with van der Waals surface area (Å²) in [7, 11) is 1.56. The van der Waals surface area contributed by atoms with Gasteiger partial charge in [-0.05, 0) is 20.3 Å². The molecule has 1 atom stereocenters. The van der Waals surface area contributed by atoms with Gasteiger partial charge in [-0.2, -0.15) is 0 Å². The van der Waals surface area contributed by atoms with E-state index in [1.54, 1.807) is 18.9 Å². The standard InChI is InChI=1S/C20H27ClN4O5/c1-4-30-15-12-13(11-14(29-3)17(15)21)24-7-9-25(10-8-24)16(26)5-6-20(2)18(27)22-19(28)23-20/h11-12H,4-10H2,1-3H3,(H2,22,23,27,28)/t20-/m1/s1. The van der Waals surface area contributed by atoms with Crippen LogP contribution in [-0.2, 0) is 9.59 Å². The second-order valence-corrected chi connectivity index (χ2v) is 7.88. The zero-order valence-corrected chi connectivity index (χ0v) is 18.2. The molecule has 2 heterocycles. The Morgan fingerprint density at radius 2 is 1.87 bits per heavy atom. The van der Waals surface area contributed by atoms with Crippen LogP contribution in [-0.4, -0.2) is 68.2 Å². The molecule has 164 valence electrons. The SMILES string of the molecule is CCOc1cc(N2CCN(C(=O)CC[C@@]3(C)NC(=O)NC3=O)CC2)cc(OC)c1Cl. The number of nitrogens with zero attached hydrogens (tertiary/aromatic N) is 2. The predicted molar refractivity (Wildman–Crippen MR) is 112 cm³/mol. The molecule has 0 unspecified atom stereocenters. The molecule has 0 radical (unpaired) electrons. The maximum Gasteiger partial charge on any atom is 0.322 e. The number of imide groups is 1. The van der Waals surface area contributed by atoms with Crippen molar-refractivity contribution in [3.05, 3.63) is 17.2 Å². The van der Waals surface area contributed by atoms with Crippen molar-refractivity contribution in [3.63, 3.8) is 0 Å². The number of hydrogen-bond donors (Lipinski definition) is 2. The highest BCUT2D eigenvalue weighted by molar-refractivity contribution is 6.33. The third-order valence-corrected chi connectivity index (χ3v) is 5.84. The smallest absolute Gasteiger partial charge is 0.322 e. The molecule has 2 aliphatic rings. The quantitative estimate of drug-likeness (QED) is 0.629. The number of carbonyl (C=O) groups excluding carboxylic acids is 3. The number of benzene rings is 1. The number of rotatable bonds is 7. The minimum atomic E-state index is -1.04. The Balaban J connectivity index is 1.58. The number of anilines is 1. The van der Waals surface area contributed by atoms with Gasteiger partial charge < -0.3 is 24.6 Å². The van der Waals surface area contributed by atoms with E-state index in [1.807, 2.05) is 19.1 Å². The molecular formula is C20H27ClN4O5. The van der Waals surface area contributed by atoms with Gasteiger partial charge >= 0.3 is 6.03 Å². The lowest BCUT2D eigenvalue weighted by molar-refractivity contribution is -0.132. The van der Waals surface area contributed by atoms with E-state index in [0.717, 1.165) is 5.69 Å². The van der Waals surface area contributed by atoms with Crippen molar-refractivity contribution in [3.8, 4) is 11.5 Å². The van der Waals surface area contributed by atoms with E-state index < -0.39 is 17.5 Å². The molecule has 30 heavy (non-hydrogen) atoms. The van der Waals surface area contributed by atoms with Crippen molar-refractivity contribution < 1.29 is 23.9 Å². The van der Waals surface area contributed by atoms with Crippen molar-refractivity contribution in [1.82, 2.24) is 15.5 Å². The van der Waals surface area contributed by atoms with Crippen LogP contribution in [0.3, 0.4) is 0 Å². The molecule has 0 bridgehead atoms. The fourth-order valence-corrected chi connectivity index (χ4v) is 3.88. The summed E-state index contributed by atoms with van der Waals surface area (Å²) in [5.41, 5.74) is -0.117. The normalized spacial score (nSPS) is 21.3. The number of urea groups is 1. The Hall–Kier alpha value is -2.68. The van der Waals surface area contributed by atoms with Crippen molar-refractivity contribution in [2.75, 3.05) is 44.8 Å². The number of halogens is 1. The first kappa shape index (κ1) is 22.0. The highest BCUT2D eigenvalue weighted by Crippen LogP contribution is 2.38. The van der Waals surface area contributed by atoms with Crippen LogP contribution in [0.1, 0.15) is 26.7 Å². The van der Waals surface area contributed by atoms with E-state index in [9.17, 15) is 14.4 Å². The maximum atomic E-state index is 12.6. The number of hydrogen-bond acceptors (Lipinski definition) is 6. The molecule has 1 aromatic rings. The maximum absolute atomic E-state index is 12.6. The van der Waals surface area contributed by atoms with Crippen molar-refractivity contribution in [2.45, 2.75) is 32.2 Å². The van der Waals surface area contributed by atoms with Gasteiger partial charge in [-0.3, -0.25) is 14.9 Å². The van der Waals surface area contributed by atoms with Gasteiger partial charge in [0.25, 0.3) is 5.91 Å². The summed E-state index contributed by atoms with van der Waals surface area (Å²) in [6, 6.07) is 3.23. The van der Waals surface area contributed by atoms with E-state index in [-0.39, 0.29) is 18.7 Å². The zero-order chi connectivity index (χ0) is 21.9. The van der Waals surface area contributed by atoms with Crippen molar-refractivity contribution in [2.24, 2.45) is 0 Å². The number of ether oxygens (including phenoxy) is 2. The third kappa shape index (κ3) is 4.56. The van der Waals surface area contributed by atoms with Gasteiger partial charge in [-0.15, -0.1) is 0 Å². The summed E-state index contributed by atoms with van der Waals surface area (Å²) in [5.74, 6) is 0.679. The fourth-order valence-electron chi connectivity index (χ4n) is 3.63. The Kier molecular flexibility index (Phi) is 6.60. The van der Waals surface area contributed by atoms with Gasteiger partial charge in [-0.25, -0.2) is 4.79 Å².